The van der Waals surface area contributed by atoms with Gasteiger partial charge in [0.25, 0.3) is 0 Å². The summed E-state index contributed by atoms with van der Waals surface area (Å²) in [5.74, 6) is 0. The third-order valence-electron chi connectivity index (χ3n) is 3.69. The second-order valence-corrected chi connectivity index (χ2v) is 7.75. The molecule has 25 heavy (non-hydrogen) atoms. The van der Waals surface area contributed by atoms with Gasteiger partial charge in [-0.25, -0.2) is 13.2 Å². The van der Waals surface area contributed by atoms with Crippen LogP contribution in [0.2, 0.25) is 0 Å². The summed E-state index contributed by atoms with van der Waals surface area (Å²) in [7, 11) is -3.37. The maximum atomic E-state index is 12.0. The van der Waals surface area contributed by atoms with Crippen molar-refractivity contribution in [1.82, 2.24) is 10.6 Å². The minimum Gasteiger partial charge on any atom is -0.334 e. The van der Waals surface area contributed by atoms with Crippen molar-refractivity contribution in [1.29, 1.82) is 0 Å². The molecule has 0 fully saturated rings. The van der Waals surface area contributed by atoms with Gasteiger partial charge in [0.15, 0.2) is 0 Å². The van der Waals surface area contributed by atoms with Gasteiger partial charge in [-0.05, 0) is 36.6 Å². The van der Waals surface area contributed by atoms with Gasteiger partial charge in [-0.2, -0.15) is 0 Å². The molecule has 2 rings (SSSR count). The number of sulfonamides is 1. The number of aryl methyl sites for hydroxylation is 2. The lowest BCUT2D eigenvalue weighted by molar-refractivity contribution is 0.240. The summed E-state index contributed by atoms with van der Waals surface area (Å²) in [5.41, 5.74) is 4.51. The zero-order valence-electron chi connectivity index (χ0n) is 14.6. The standard InChI is InChI=1S/C18H23N3O3S/c1-13-8-9-15(14(2)10-13)11-19-18(22)20-12-16-6-4-5-7-17(16)21-25(3,23)24/h4-10,21H,11-12H2,1-3H3,(H2,19,20,22). The molecular weight excluding hydrogens is 338 g/mol. The number of para-hydroxylation sites is 1. The molecule has 3 N–H and O–H groups in total. The second-order valence-electron chi connectivity index (χ2n) is 6.00. The Labute approximate surface area is 148 Å². The Morgan fingerprint density at radius 3 is 2.24 bits per heavy atom. The molecule has 7 heteroatoms. The smallest absolute Gasteiger partial charge is 0.315 e. The van der Waals surface area contributed by atoms with Crippen LogP contribution in [-0.4, -0.2) is 20.7 Å². The summed E-state index contributed by atoms with van der Waals surface area (Å²) in [6.07, 6.45) is 1.09. The fourth-order valence-electron chi connectivity index (χ4n) is 2.43. The minimum atomic E-state index is -3.37. The van der Waals surface area contributed by atoms with E-state index in [9.17, 15) is 13.2 Å². The number of hydrogen-bond donors (Lipinski definition) is 3. The lowest BCUT2D eigenvalue weighted by Gasteiger charge is -2.13. The molecule has 0 aliphatic heterocycles. The van der Waals surface area contributed by atoms with Gasteiger partial charge >= 0.3 is 6.03 Å². The molecule has 0 aliphatic carbocycles. The number of rotatable bonds is 6. The van der Waals surface area contributed by atoms with Crippen molar-refractivity contribution in [3.05, 3.63) is 64.7 Å². The van der Waals surface area contributed by atoms with Crippen LogP contribution in [0.25, 0.3) is 0 Å². The zero-order chi connectivity index (χ0) is 18.4. The summed E-state index contributed by atoms with van der Waals surface area (Å²) in [5, 5.41) is 5.55. The molecule has 2 aromatic carbocycles. The van der Waals surface area contributed by atoms with Crippen molar-refractivity contribution in [2.24, 2.45) is 0 Å². The zero-order valence-corrected chi connectivity index (χ0v) is 15.4. The van der Waals surface area contributed by atoms with Gasteiger partial charge in [0.1, 0.15) is 0 Å². The lowest BCUT2D eigenvalue weighted by atomic mass is 10.1. The maximum absolute atomic E-state index is 12.0. The first-order chi connectivity index (χ1) is 11.7. The highest BCUT2D eigenvalue weighted by Crippen LogP contribution is 2.16. The van der Waals surface area contributed by atoms with E-state index in [0.717, 1.165) is 17.4 Å². The second kappa shape index (κ2) is 8.02. The quantitative estimate of drug-likeness (QED) is 0.739. The van der Waals surface area contributed by atoms with E-state index in [1.54, 1.807) is 24.3 Å². The number of urea groups is 1. The van der Waals surface area contributed by atoms with E-state index in [-0.39, 0.29) is 12.6 Å². The molecule has 0 saturated carbocycles. The van der Waals surface area contributed by atoms with Crippen LogP contribution in [0.15, 0.2) is 42.5 Å². The highest BCUT2D eigenvalue weighted by Gasteiger charge is 2.08. The first-order valence-corrected chi connectivity index (χ1v) is 9.77. The largest absolute Gasteiger partial charge is 0.334 e. The normalized spacial score (nSPS) is 11.0. The van der Waals surface area contributed by atoms with Gasteiger partial charge < -0.3 is 10.6 Å². The van der Waals surface area contributed by atoms with E-state index in [1.165, 1.54) is 5.56 Å². The summed E-state index contributed by atoms with van der Waals surface area (Å²) < 4.78 is 25.2. The van der Waals surface area contributed by atoms with Crippen LogP contribution in [0.5, 0.6) is 0 Å². The van der Waals surface area contributed by atoms with Crippen LogP contribution in [0.4, 0.5) is 10.5 Å². The third kappa shape index (κ3) is 6.11. The van der Waals surface area contributed by atoms with Crippen molar-refractivity contribution in [3.8, 4) is 0 Å². The van der Waals surface area contributed by atoms with Crippen molar-refractivity contribution >= 4 is 21.7 Å². The maximum Gasteiger partial charge on any atom is 0.315 e. The molecule has 0 aliphatic rings. The number of benzene rings is 2. The molecule has 0 atom stereocenters. The molecule has 0 heterocycles. The highest BCUT2D eigenvalue weighted by atomic mass is 32.2. The predicted octanol–water partition coefficient (Wildman–Crippen LogP) is 2.67. The number of carbonyl (C=O) groups excluding carboxylic acids is 1. The Morgan fingerprint density at radius 2 is 1.60 bits per heavy atom. The molecule has 2 amide bonds. The van der Waals surface area contributed by atoms with Crippen LogP contribution in [-0.2, 0) is 23.1 Å². The molecule has 0 unspecified atom stereocenters. The van der Waals surface area contributed by atoms with Crippen molar-refractivity contribution in [2.45, 2.75) is 26.9 Å². The molecular formula is C18H23N3O3S. The first kappa shape index (κ1) is 18.8. The minimum absolute atomic E-state index is 0.220. The molecule has 0 saturated heterocycles. The summed E-state index contributed by atoms with van der Waals surface area (Å²) in [6.45, 7) is 4.69. The predicted molar refractivity (Wildman–Crippen MR) is 99.9 cm³/mol. The number of hydrogen-bond acceptors (Lipinski definition) is 3. The Kier molecular flexibility index (Phi) is 6.03. The van der Waals surface area contributed by atoms with Crippen LogP contribution >= 0.6 is 0 Å². The highest BCUT2D eigenvalue weighted by molar-refractivity contribution is 7.92. The molecule has 0 bridgehead atoms. The average Bonchev–Trinajstić information content (AvgIpc) is 2.52. The van der Waals surface area contributed by atoms with Crippen molar-refractivity contribution in [2.75, 3.05) is 11.0 Å². The molecule has 0 aromatic heterocycles. The molecule has 134 valence electrons. The van der Waals surface area contributed by atoms with Crippen LogP contribution in [0.3, 0.4) is 0 Å². The van der Waals surface area contributed by atoms with E-state index < -0.39 is 10.0 Å². The number of carbonyl (C=O) groups is 1. The molecule has 0 spiro atoms. The Hall–Kier alpha value is -2.54. The van der Waals surface area contributed by atoms with Gasteiger partial charge in [0, 0.05) is 13.1 Å². The first-order valence-electron chi connectivity index (χ1n) is 7.88. The van der Waals surface area contributed by atoms with Gasteiger partial charge in [-0.3, -0.25) is 4.72 Å². The molecule has 0 radical (unpaired) electrons. The van der Waals surface area contributed by atoms with E-state index in [2.05, 4.69) is 21.4 Å². The Morgan fingerprint density at radius 1 is 0.960 bits per heavy atom. The summed E-state index contributed by atoms with van der Waals surface area (Å²) in [4.78, 5) is 12.0. The summed E-state index contributed by atoms with van der Waals surface area (Å²) in [6, 6.07) is 12.7. The van der Waals surface area contributed by atoms with E-state index in [0.29, 0.717) is 17.8 Å². The van der Waals surface area contributed by atoms with Gasteiger partial charge in [0.05, 0.1) is 11.9 Å². The molecule has 2 aromatic rings. The fraction of sp³-hybridized carbons (Fsp3) is 0.278. The SMILES string of the molecule is Cc1ccc(CNC(=O)NCc2ccccc2NS(C)(=O)=O)c(C)c1. The van der Waals surface area contributed by atoms with Crippen molar-refractivity contribution in [3.63, 3.8) is 0 Å². The van der Waals surface area contributed by atoms with E-state index in [4.69, 9.17) is 0 Å². The lowest BCUT2D eigenvalue weighted by Crippen LogP contribution is -2.34. The van der Waals surface area contributed by atoms with Crippen molar-refractivity contribution < 1.29 is 13.2 Å². The fourth-order valence-corrected chi connectivity index (χ4v) is 3.03. The van der Waals surface area contributed by atoms with Crippen LogP contribution < -0.4 is 15.4 Å². The number of nitrogens with one attached hydrogen (secondary N) is 3. The number of amides is 2. The van der Waals surface area contributed by atoms with Gasteiger partial charge in [0.2, 0.25) is 10.0 Å². The van der Waals surface area contributed by atoms with Gasteiger partial charge in [-0.15, -0.1) is 0 Å². The Balaban J connectivity index is 1.92. The summed E-state index contributed by atoms with van der Waals surface area (Å²) >= 11 is 0. The number of anilines is 1. The Bertz CT molecular complexity index is 864. The van der Waals surface area contributed by atoms with E-state index >= 15 is 0 Å². The topological polar surface area (TPSA) is 87.3 Å². The average molecular weight is 361 g/mol. The van der Waals surface area contributed by atoms with E-state index in [1.807, 2.05) is 26.0 Å². The molecule has 6 nitrogen and oxygen atoms in total. The van der Waals surface area contributed by atoms with Gasteiger partial charge in [-0.1, -0.05) is 42.0 Å². The third-order valence-corrected chi connectivity index (χ3v) is 4.28. The van der Waals surface area contributed by atoms with Crippen LogP contribution in [0.1, 0.15) is 22.3 Å². The van der Waals surface area contributed by atoms with Crippen LogP contribution in [0, 0.1) is 13.8 Å². The monoisotopic (exact) mass is 361 g/mol.